The molecule has 9 heteroatoms. The molecule has 2 amide bonds. The zero-order chi connectivity index (χ0) is 32.0. The number of nitrogens with one attached hydrogen (secondary N) is 3. The van der Waals surface area contributed by atoms with Crippen molar-refractivity contribution in [3.8, 4) is 22.3 Å². The summed E-state index contributed by atoms with van der Waals surface area (Å²) in [5, 5.41) is 8.65. The van der Waals surface area contributed by atoms with E-state index in [2.05, 4.69) is 16.0 Å². The van der Waals surface area contributed by atoms with Gasteiger partial charge >= 0.3 is 12.2 Å². The molecule has 0 radical (unpaired) electrons. The minimum Gasteiger partial charge on any atom is -0.444 e. The van der Waals surface area contributed by atoms with Gasteiger partial charge in [0.25, 0.3) is 0 Å². The van der Waals surface area contributed by atoms with Gasteiger partial charge in [-0.3, -0.25) is 0 Å². The molecule has 0 fully saturated rings. The van der Waals surface area contributed by atoms with Gasteiger partial charge in [0.15, 0.2) is 0 Å². The average molecular weight is 598 g/mol. The Labute approximate surface area is 254 Å². The van der Waals surface area contributed by atoms with Gasteiger partial charge < -0.3 is 25.4 Å². The van der Waals surface area contributed by atoms with Crippen LogP contribution in [0.25, 0.3) is 22.3 Å². The Morgan fingerprint density at radius 1 is 0.628 bits per heavy atom. The highest BCUT2D eigenvalue weighted by molar-refractivity contribution is 5.74. The molecule has 234 valence electrons. The third-order valence-corrected chi connectivity index (χ3v) is 5.57. The number of amides is 2. The molecule has 3 aromatic rings. The Morgan fingerprint density at radius 3 is 1.44 bits per heavy atom. The van der Waals surface area contributed by atoms with E-state index in [1.165, 1.54) is 24.3 Å². The monoisotopic (exact) mass is 597 g/mol. The Balaban J connectivity index is 0.000000499. The third kappa shape index (κ3) is 14.7. The lowest BCUT2D eigenvalue weighted by molar-refractivity contribution is 0.0516. The third-order valence-electron chi connectivity index (χ3n) is 5.57. The molecule has 0 saturated carbocycles. The average Bonchev–Trinajstić information content (AvgIpc) is 2.91. The van der Waals surface area contributed by atoms with E-state index in [1.807, 2.05) is 66.7 Å². The number of hydrogen-bond donors (Lipinski definition) is 3. The number of carbonyl (C=O) groups is 2. The molecule has 7 nitrogen and oxygen atoms in total. The fourth-order valence-electron chi connectivity index (χ4n) is 3.75. The molecular formula is C34H45F2N3O4. The Morgan fingerprint density at radius 2 is 1.05 bits per heavy atom. The zero-order valence-electron chi connectivity index (χ0n) is 26.3. The van der Waals surface area contributed by atoms with Gasteiger partial charge in [0.2, 0.25) is 0 Å². The second-order valence-corrected chi connectivity index (χ2v) is 12.0. The lowest BCUT2D eigenvalue weighted by Crippen LogP contribution is -2.36. The molecule has 0 aliphatic heterocycles. The Hall–Kier alpha value is -3.98. The summed E-state index contributed by atoms with van der Waals surface area (Å²) >= 11 is 0. The minimum atomic E-state index is -0.533. The summed E-state index contributed by atoms with van der Waals surface area (Å²) in [6, 6.07) is 18.8. The number of ether oxygens (including phenoxy) is 2. The van der Waals surface area contributed by atoms with Gasteiger partial charge in [-0.15, -0.1) is 0 Å². The first-order valence-corrected chi connectivity index (χ1v) is 14.5. The van der Waals surface area contributed by atoms with Crippen molar-refractivity contribution in [2.75, 3.05) is 19.6 Å². The minimum absolute atomic E-state index is 0.289. The summed E-state index contributed by atoms with van der Waals surface area (Å²) in [6.07, 6.45) is 0.148. The predicted molar refractivity (Wildman–Crippen MR) is 168 cm³/mol. The standard InChI is InChI=1S/C26H28F2N2O2.C8H17NO2/c1-26(2,3)32-25(31)30-13-12-29-17-18-14-21(19-4-8-23(27)9-5-19)16-22(15-18)20-6-10-24(28)11-7-20;1-5-6-9-7(10)11-8(2,3)4/h4-11,14-16,29H,12-13,17H2,1-3H3,(H,30,31);5-6H2,1-4H3,(H,9,10). The van der Waals surface area contributed by atoms with Gasteiger partial charge in [-0.05, 0) is 118 Å². The van der Waals surface area contributed by atoms with Crippen molar-refractivity contribution in [1.82, 2.24) is 16.0 Å². The fourth-order valence-corrected chi connectivity index (χ4v) is 3.75. The van der Waals surface area contributed by atoms with Crippen LogP contribution < -0.4 is 16.0 Å². The van der Waals surface area contributed by atoms with Crippen LogP contribution in [0.4, 0.5) is 18.4 Å². The number of hydrogen-bond acceptors (Lipinski definition) is 5. The van der Waals surface area contributed by atoms with E-state index in [1.54, 1.807) is 24.3 Å². The maximum absolute atomic E-state index is 13.4. The molecule has 0 aliphatic carbocycles. The van der Waals surface area contributed by atoms with Crippen LogP contribution in [0, 0.1) is 11.6 Å². The summed E-state index contributed by atoms with van der Waals surface area (Å²) in [5.41, 5.74) is 3.76. The summed E-state index contributed by atoms with van der Waals surface area (Å²) < 4.78 is 36.9. The van der Waals surface area contributed by atoms with Crippen molar-refractivity contribution in [3.05, 3.63) is 83.9 Å². The summed E-state index contributed by atoms with van der Waals surface area (Å²) in [4.78, 5) is 22.6. The van der Waals surface area contributed by atoms with E-state index >= 15 is 0 Å². The second kappa shape index (κ2) is 16.6. The van der Waals surface area contributed by atoms with Gasteiger partial charge in [-0.25, -0.2) is 18.4 Å². The van der Waals surface area contributed by atoms with E-state index in [4.69, 9.17) is 9.47 Å². The topological polar surface area (TPSA) is 88.7 Å². The molecule has 0 aromatic heterocycles. The molecule has 0 aliphatic rings. The lowest BCUT2D eigenvalue weighted by atomic mass is 9.96. The SMILES string of the molecule is CC(C)(C)OC(=O)NCCNCc1cc(-c2ccc(F)cc2)cc(-c2ccc(F)cc2)c1.CCCNC(=O)OC(C)(C)C. The largest absolute Gasteiger partial charge is 0.444 e. The quantitative estimate of drug-likeness (QED) is 0.219. The second-order valence-electron chi connectivity index (χ2n) is 12.0. The molecule has 3 N–H and O–H groups in total. The highest BCUT2D eigenvalue weighted by Crippen LogP contribution is 2.29. The van der Waals surface area contributed by atoms with E-state index in [-0.39, 0.29) is 17.7 Å². The predicted octanol–water partition coefficient (Wildman–Crippen LogP) is 7.83. The van der Waals surface area contributed by atoms with Crippen LogP contribution in [0.1, 0.15) is 60.5 Å². The number of rotatable bonds is 9. The number of halogens is 2. The molecule has 0 atom stereocenters. The Bertz CT molecular complexity index is 1240. The van der Waals surface area contributed by atoms with E-state index < -0.39 is 17.3 Å². The molecule has 0 heterocycles. The van der Waals surface area contributed by atoms with E-state index in [0.29, 0.717) is 26.2 Å². The van der Waals surface area contributed by atoms with Crippen LogP contribution in [0.3, 0.4) is 0 Å². The van der Waals surface area contributed by atoms with Crippen molar-refractivity contribution >= 4 is 12.2 Å². The van der Waals surface area contributed by atoms with Crippen molar-refractivity contribution in [2.24, 2.45) is 0 Å². The van der Waals surface area contributed by atoms with Gasteiger partial charge in [-0.2, -0.15) is 0 Å². The van der Waals surface area contributed by atoms with E-state index in [9.17, 15) is 18.4 Å². The highest BCUT2D eigenvalue weighted by atomic mass is 19.1. The van der Waals surface area contributed by atoms with Crippen LogP contribution in [0.5, 0.6) is 0 Å². The van der Waals surface area contributed by atoms with Crippen molar-refractivity contribution in [2.45, 2.75) is 72.6 Å². The number of alkyl carbamates (subject to hydrolysis) is 2. The summed E-state index contributed by atoms with van der Waals surface area (Å²) in [7, 11) is 0. The normalized spacial score (nSPS) is 11.2. The Kier molecular flexibility index (Phi) is 13.6. The van der Waals surface area contributed by atoms with Gasteiger partial charge in [0.1, 0.15) is 22.8 Å². The van der Waals surface area contributed by atoms with Crippen LogP contribution in [-0.4, -0.2) is 43.0 Å². The summed E-state index contributed by atoms with van der Waals surface area (Å²) in [5.74, 6) is -0.578. The first-order chi connectivity index (χ1) is 20.1. The van der Waals surface area contributed by atoms with Crippen LogP contribution in [0.2, 0.25) is 0 Å². The van der Waals surface area contributed by atoms with Gasteiger partial charge in [0.05, 0.1) is 0 Å². The van der Waals surface area contributed by atoms with Crippen molar-refractivity contribution in [1.29, 1.82) is 0 Å². The maximum atomic E-state index is 13.4. The molecule has 0 unspecified atom stereocenters. The molecule has 3 aromatic carbocycles. The molecule has 43 heavy (non-hydrogen) atoms. The molecule has 0 saturated heterocycles. The van der Waals surface area contributed by atoms with E-state index in [0.717, 1.165) is 34.2 Å². The van der Waals surface area contributed by atoms with Crippen LogP contribution >= 0.6 is 0 Å². The first kappa shape index (κ1) is 35.2. The van der Waals surface area contributed by atoms with Crippen molar-refractivity contribution in [3.63, 3.8) is 0 Å². The molecule has 0 bridgehead atoms. The molecular weight excluding hydrogens is 552 g/mol. The van der Waals surface area contributed by atoms with Crippen LogP contribution in [-0.2, 0) is 16.0 Å². The van der Waals surface area contributed by atoms with Crippen molar-refractivity contribution < 1.29 is 27.8 Å². The maximum Gasteiger partial charge on any atom is 0.407 e. The molecule has 0 spiro atoms. The fraction of sp³-hybridized carbons (Fsp3) is 0.412. The summed E-state index contributed by atoms with van der Waals surface area (Å²) in [6.45, 7) is 15.2. The zero-order valence-corrected chi connectivity index (χ0v) is 26.3. The first-order valence-electron chi connectivity index (χ1n) is 14.5. The van der Waals surface area contributed by atoms with Gasteiger partial charge in [0, 0.05) is 26.2 Å². The highest BCUT2D eigenvalue weighted by Gasteiger charge is 2.16. The molecule has 3 rings (SSSR count). The smallest absolute Gasteiger partial charge is 0.407 e. The number of carbonyl (C=O) groups excluding carboxylic acids is 2. The lowest BCUT2D eigenvalue weighted by Gasteiger charge is -2.19. The van der Waals surface area contributed by atoms with Gasteiger partial charge in [-0.1, -0.05) is 31.2 Å². The van der Waals surface area contributed by atoms with Crippen LogP contribution in [0.15, 0.2) is 66.7 Å². The number of benzene rings is 3.